The number of unbranched alkanes of at least 4 members (excludes halogenated alkanes) is 46. The molecule has 0 saturated carbocycles. The summed E-state index contributed by atoms with van der Waals surface area (Å²) < 4.78 is 68.5. The molecule has 0 aliphatic rings. The molecule has 0 saturated heterocycles. The highest BCUT2D eigenvalue weighted by Gasteiger charge is 2.30. The van der Waals surface area contributed by atoms with Crippen LogP contribution in [-0.2, 0) is 65.4 Å². The summed E-state index contributed by atoms with van der Waals surface area (Å²) in [5.74, 6) is -0.636. The van der Waals surface area contributed by atoms with Gasteiger partial charge in [-0.25, -0.2) is 9.13 Å². The van der Waals surface area contributed by atoms with Crippen molar-refractivity contribution in [1.82, 2.24) is 0 Å². The van der Waals surface area contributed by atoms with Crippen LogP contribution in [0.5, 0.6) is 0 Å². The number of carbonyl (C=O) groups is 4. The number of aliphatic hydroxyl groups excluding tert-OH is 1. The minimum Gasteiger partial charge on any atom is -0.462 e. The van der Waals surface area contributed by atoms with Crippen LogP contribution in [0.4, 0.5) is 0 Å². The first-order valence-electron chi connectivity index (χ1n) is 40.0. The summed E-state index contributed by atoms with van der Waals surface area (Å²) in [5, 5.41) is 10.6. The summed E-state index contributed by atoms with van der Waals surface area (Å²) in [6, 6.07) is 0. The highest BCUT2D eigenvalue weighted by molar-refractivity contribution is 7.47. The van der Waals surface area contributed by atoms with Gasteiger partial charge in [0.15, 0.2) is 12.2 Å². The largest absolute Gasteiger partial charge is 0.472 e. The van der Waals surface area contributed by atoms with E-state index in [0.29, 0.717) is 25.7 Å². The molecule has 0 aliphatic heterocycles. The zero-order valence-corrected chi connectivity index (χ0v) is 64.5. The Bertz CT molecular complexity index is 1860. The van der Waals surface area contributed by atoms with E-state index in [1.54, 1.807) is 0 Å². The van der Waals surface area contributed by atoms with E-state index < -0.39 is 97.5 Å². The summed E-state index contributed by atoms with van der Waals surface area (Å²) in [7, 11) is -9.91. The zero-order valence-electron chi connectivity index (χ0n) is 62.7. The van der Waals surface area contributed by atoms with E-state index in [-0.39, 0.29) is 25.7 Å². The summed E-state index contributed by atoms with van der Waals surface area (Å²) in [5.41, 5.74) is 0. The number of hydrogen-bond acceptors (Lipinski definition) is 15. The monoisotopic (exact) mass is 1410 g/mol. The van der Waals surface area contributed by atoms with Gasteiger partial charge >= 0.3 is 39.5 Å². The van der Waals surface area contributed by atoms with E-state index in [4.69, 9.17) is 37.0 Å². The van der Waals surface area contributed by atoms with Crippen LogP contribution >= 0.6 is 15.6 Å². The van der Waals surface area contributed by atoms with Gasteiger partial charge in [0.1, 0.15) is 19.3 Å². The molecule has 0 heterocycles. The van der Waals surface area contributed by atoms with Crippen molar-refractivity contribution >= 4 is 39.5 Å². The maximum atomic E-state index is 13.1. The van der Waals surface area contributed by atoms with Gasteiger partial charge in [0.25, 0.3) is 0 Å². The molecule has 570 valence electrons. The SMILES string of the molecule is CCCCCCCCCCCCCCCCCCCCCCCC(=O)O[C@H](COC(=O)CCCCCCCCCCCC(C)C)COP(=O)(O)OC[C@@H](O)COP(=O)(O)OC[C@@H](COC(=O)CCCCCCCCCCCCC)OC(=O)CCCCCCCCCCCC(C)C. The average molecular weight is 1410 g/mol. The predicted molar refractivity (Wildman–Crippen MR) is 391 cm³/mol. The number of aliphatic hydroxyl groups is 1. The van der Waals surface area contributed by atoms with Crippen molar-refractivity contribution in [2.45, 2.75) is 419 Å². The number of rotatable bonds is 76. The lowest BCUT2D eigenvalue weighted by atomic mass is 10.0. The van der Waals surface area contributed by atoms with Crippen molar-refractivity contribution in [1.29, 1.82) is 0 Å². The Morgan fingerprint density at radius 1 is 0.281 bits per heavy atom. The Morgan fingerprint density at radius 2 is 0.479 bits per heavy atom. The van der Waals surface area contributed by atoms with Crippen LogP contribution in [0.2, 0.25) is 0 Å². The van der Waals surface area contributed by atoms with Gasteiger partial charge in [0, 0.05) is 25.7 Å². The highest BCUT2D eigenvalue weighted by Crippen LogP contribution is 2.45. The standard InChI is InChI=1S/C77H150O17P2/c1-7-9-11-13-15-17-19-20-21-22-23-24-25-26-27-28-30-36-43-49-55-61-76(81)93-72(66-88-75(80)60-54-48-42-37-31-33-39-45-51-57-69(3)4)67-91-95(83,84)89-63-71(78)64-90-96(85,86)92-68-73(65-87-74(79)59-53-47-41-35-29-18-16-14-12-10-8-2)94-77(82)62-56-50-44-38-32-34-40-46-52-58-70(5)6/h69-73,78H,7-68H2,1-6H3,(H,83,84)(H,85,86)/t71-,72-,73-/m1/s1. The van der Waals surface area contributed by atoms with E-state index in [1.165, 1.54) is 218 Å². The molecule has 96 heavy (non-hydrogen) atoms. The van der Waals surface area contributed by atoms with Gasteiger partial charge in [-0.3, -0.25) is 37.3 Å². The zero-order chi connectivity index (χ0) is 70.7. The van der Waals surface area contributed by atoms with E-state index in [0.717, 1.165) is 102 Å². The highest BCUT2D eigenvalue weighted by atomic mass is 31.2. The van der Waals surface area contributed by atoms with E-state index in [1.807, 2.05) is 0 Å². The van der Waals surface area contributed by atoms with Gasteiger partial charge in [-0.05, 0) is 37.5 Å². The van der Waals surface area contributed by atoms with Crippen LogP contribution < -0.4 is 0 Å². The molecule has 0 aromatic carbocycles. The number of phosphoric acid groups is 2. The summed E-state index contributed by atoms with van der Waals surface area (Å²) in [4.78, 5) is 72.8. The second kappa shape index (κ2) is 68.8. The smallest absolute Gasteiger partial charge is 0.462 e. The first-order chi connectivity index (χ1) is 46.4. The fraction of sp³-hybridized carbons (Fsp3) is 0.948. The average Bonchev–Trinajstić information content (AvgIpc) is 2.54. The molecule has 17 nitrogen and oxygen atoms in total. The number of esters is 4. The molecule has 0 radical (unpaired) electrons. The maximum Gasteiger partial charge on any atom is 0.472 e. The Labute approximate surface area is 588 Å². The van der Waals surface area contributed by atoms with Crippen LogP contribution in [0.1, 0.15) is 401 Å². The fourth-order valence-electron chi connectivity index (χ4n) is 11.8. The lowest BCUT2D eigenvalue weighted by molar-refractivity contribution is -0.161. The van der Waals surface area contributed by atoms with Gasteiger partial charge < -0.3 is 33.8 Å². The van der Waals surface area contributed by atoms with E-state index >= 15 is 0 Å². The molecule has 3 N–H and O–H groups in total. The third kappa shape index (κ3) is 70.5. The third-order valence-electron chi connectivity index (χ3n) is 18.0. The van der Waals surface area contributed by atoms with Crippen LogP contribution in [0.15, 0.2) is 0 Å². The molecule has 0 aromatic heterocycles. The first kappa shape index (κ1) is 94.1. The van der Waals surface area contributed by atoms with Crippen molar-refractivity contribution in [3.63, 3.8) is 0 Å². The molecule has 5 atom stereocenters. The summed E-state index contributed by atoms with van der Waals surface area (Å²) in [6.07, 6.45) is 57.0. The fourth-order valence-corrected chi connectivity index (χ4v) is 13.4. The second-order valence-corrected chi connectivity index (χ2v) is 31.6. The van der Waals surface area contributed by atoms with Crippen molar-refractivity contribution in [3.8, 4) is 0 Å². The normalized spacial score (nSPS) is 14.0. The van der Waals surface area contributed by atoms with Gasteiger partial charge in [-0.2, -0.15) is 0 Å². The lowest BCUT2D eigenvalue weighted by Gasteiger charge is -2.21. The van der Waals surface area contributed by atoms with Crippen LogP contribution in [0.3, 0.4) is 0 Å². The lowest BCUT2D eigenvalue weighted by Crippen LogP contribution is -2.30. The van der Waals surface area contributed by atoms with Crippen molar-refractivity contribution in [2.75, 3.05) is 39.6 Å². The number of ether oxygens (including phenoxy) is 4. The number of carbonyl (C=O) groups excluding carboxylic acids is 4. The molecule has 0 aliphatic carbocycles. The summed E-state index contributed by atoms with van der Waals surface area (Å²) in [6.45, 7) is 9.55. The Morgan fingerprint density at radius 3 is 0.708 bits per heavy atom. The van der Waals surface area contributed by atoms with E-state index in [2.05, 4.69) is 41.5 Å². The van der Waals surface area contributed by atoms with Gasteiger partial charge in [-0.1, -0.05) is 350 Å². The Balaban J connectivity index is 5.20. The van der Waals surface area contributed by atoms with Gasteiger partial charge in [-0.15, -0.1) is 0 Å². The molecule has 0 fully saturated rings. The van der Waals surface area contributed by atoms with E-state index in [9.17, 15) is 43.2 Å². The topological polar surface area (TPSA) is 237 Å². The first-order valence-corrected chi connectivity index (χ1v) is 43.0. The van der Waals surface area contributed by atoms with Crippen molar-refractivity contribution in [3.05, 3.63) is 0 Å². The van der Waals surface area contributed by atoms with Crippen LogP contribution in [0.25, 0.3) is 0 Å². The molecule has 19 heteroatoms. The van der Waals surface area contributed by atoms with Crippen LogP contribution in [-0.4, -0.2) is 96.7 Å². The molecule has 0 aromatic rings. The minimum absolute atomic E-state index is 0.106. The molecule has 0 bridgehead atoms. The van der Waals surface area contributed by atoms with Crippen LogP contribution in [0, 0.1) is 11.8 Å². The van der Waals surface area contributed by atoms with Crippen molar-refractivity contribution in [2.24, 2.45) is 11.8 Å². The quantitative estimate of drug-likeness (QED) is 0.0222. The second-order valence-electron chi connectivity index (χ2n) is 28.7. The number of hydrogen-bond donors (Lipinski definition) is 3. The van der Waals surface area contributed by atoms with Crippen molar-refractivity contribution < 1.29 is 80.2 Å². The van der Waals surface area contributed by atoms with Gasteiger partial charge in [0.2, 0.25) is 0 Å². The molecular formula is C77H150O17P2. The molecule has 2 unspecified atom stereocenters. The molecule has 0 amide bonds. The minimum atomic E-state index is -4.96. The molecule has 0 rings (SSSR count). The third-order valence-corrected chi connectivity index (χ3v) is 19.9. The summed E-state index contributed by atoms with van der Waals surface area (Å²) >= 11 is 0. The Kier molecular flexibility index (Phi) is 67.4. The predicted octanol–water partition coefficient (Wildman–Crippen LogP) is 22.7. The molecular weight excluding hydrogens is 1260 g/mol. The Hall–Kier alpha value is -1.94. The van der Waals surface area contributed by atoms with Gasteiger partial charge in [0.05, 0.1) is 26.4 Å². The maximum absolute atomic E-state index is 13.1. The number of phosphoric ester groups is 2. The molecule has 0 spiro atoms.